The Morgan fingerprint density at radius 2 is 1.89 bits per heavy atom. The predicted molar refractivity (Wildman–Crippen MR) is 98.3 cm³/mol. The number of carbonyl (C=O) groups excluding carboxylic acids is 1. The normalized spacial score (nSPS) is 10.6. The van der Waals surface area contributed by atoms with Crippen LogP contribution in [0.1, 0.15) is 5.56 Å². The highest BCUT2D eigenvalue weighted by Gasteiger charge is 2.12. The fraction of sp³-hybridized carbons (Fsp3) is 0.278. The maximum atomic E-state index is 12.4. The Hall–Kier alpha value is -2.25. The molecule has 27 heavy (non-hydrogen) atoms. The minimum atomic E-state index is -2.95. The highest BCUT2D eigenvalue weighted by atomic mass is 35.5. The van der Waals surface area contributed by atoms with Gasteiger partial charge in [0.1, 0.15) is 5.75 Å². The van der Waals surface area contributed by atoms with Crippen LogP contribution in [0.25, 0.3) is 0 Å². The largest absolute Gasteiger partial charge is 0.493 e. The predicted octanol–water partition coefficient (Wildman–Crippen LogP) is 4.34. The van der Waals surface area contributed by atoms with Gasteiger partial charge in [-0.3, -0.25) is 4.79 Å². The number of halogens is 4. The van der Waals surface area contributed by atoms with Gasteiger partial charge in [-0.05, 0) is 36.2 Å². The lowest BCUT2D eigenvalue weighted by Gasteiger charge is -2.12. The van der Waals surface area contributed by atoms with E-state index < -0.39 is 6.61 Å². The van der Waals surface area contributed by atoms with Gasteiger partial charge < -0.3 is 19.5 Å². The Kier molecular flexibility index (Phi) is 7.94. The third-order valence-electron chi connectivity index (χ3n) is 3.43. The number of carbonyl (C=O) groups is 1. The van der Waals surface area contributed by atoms with Crippen molar-refractivity contribution in [2.45, 2.75) is 13.0 Å². The van der Waals surface area contributed by atoms with Crippen molar-refractivity contribution >= 4 is 29.1 Å². The SMILES string of the molecule is COc1ccc(CCNC(=O)COc2cc(Cl)ccc2Cl)cc1OC(F)F. The molecule has 0 radical (unpaired) electrons. The van der Waals surface area contributed by atoms with Crippen LogP contribution in [-0.4, -0.2) is 32.8 Å². The number of ether oxygens (including phenoxy) is 3. The van der Waals surface area contributed by atoms with Crippen LogP contribution < -0.4 is 19.5 Å². The van der Waals surface area contributed by atoms with E-state index in [1.807, 2.05) is 0 Å². The zero-order valence-corrected chi connectivity index (χ0v) is 15.8. The van der Waals surface area contributed by atoms with Crippen molar-refractivity contribution in [3.8, 4) is 17.2 Å². The molecule has 2 rings (SSSR count). The van der Waals surface area contributed by atoms with Crippen LogP contribution in [0.5, 0.6) is 17.2 Å². The summed E-state index contributed by atoms with van der Waals surface area (Å²) >= 11 is 11.8. The molecule has 0 fully saturated rings. The number of methoxy groups -OCH3 is 1. The van der Waals surface area contributed by atoms with E-state index in [0.29, 0.717) is 27.8 Å². The van der Waals surface area contributed by atoms with Crippen molar-refractivity contribution in [3.63, 3.8) is 0 Å². The Bertz CT molecular complexity index is 790. The molecule has 0 unspecified atom stereocenters. The number of hydrogen-bond acceptors (Lipinski definition) is 4. The van der Waals surface area contributed by atoms with Crippen LogP contribution in [0.2, 0.25) is 10.0 Å². The van der Waals surface area contributed by atoms with E-state index in [1.165, 1.54) is 25.3 Å². The molecule has 0 aliphatic carbocycles. The van der Waals surface area contributed by atoms with Crippen molar-refractivity contribution in [1.82, 2.24) is 5.32 Å². The average molecular weight is 420 g/mol. The quantitative estimate of drug-likeness (QED) is 0.656. The van der Waals surface area contributed by atoms with Gasteiger partial charge in [-0.25, -0.2) is 0 Å². The third kappa shape index (κ3) is 6.77. The van der Waals surface area contributed by atoms with Gasteiger partial charge >= 0.3 is 6.61 Å². The van der Waals surface area contributed by atoms with Crippen LogP contribution in [0.4, 0.5) is 8.78 Å². The summed E-state index contributed by atoms with van der Waals surface area (Å²) in [7, 11) is 1.36. The topological polar surface area (TPSA) is 56.8 Å². The van der Waals surface area contributed by atoms with Gasteiger partial charge in [0.25, 0.3) is 5.91 Å². The molecular weight excluding hydrogens is 403 g/mol. The lowest BCUT2D eigenvalue weighted by molar-refractivity contribution is -0.123. The Morgan fingerprint density at radius 3 is 2.59 bits per heavy atom. The molecule has 0 spiro atoms. The molecule has 0 aromatic heterocycles. The zero-order valence-electron chi connectivity index (χ0n) is 14.3. The molecule has 146 valence electrons. The van der Waals surface area contributed by atoms with Crippen molar-refractivity contribution in [1.29, 1.82) is 0 Å². The molecule has 9 heteroatoms. The molecule has 0 saturated heterocycles. The van der Waals surface area contributed by atoms with Gasteiger partial charge in [0.05, 0.1) is 12.1 Å². The summed E-state index contributed by atoms with van der Waals surface area (Å²) in [6.07, 6.45) is 0.410. The van der Waals surface area contributed by atoms with Crippen molar-refractivity contribution in [3.05, 3.63) is 52.0 Å². The summed E-state index contributed by atoms with van der Waals surface area (Å²) in [6.45, 7) is -2.90. The first kappa shape index (κ1) is 21.1. The molecule has 0 aliphatic heterocycles. The molecule has 1 amide bonds. The summed E-state index contributed by atoms with van der Waals surface area (Å²) < 4.78 is 39.6. The lowest BCUT2D eigenvalue weighted by Crippen LogP contribution is -2.30. The average Bonchev–Trinajstić information content (AvgIpc) is 2.62. The van der Waals surface area contributed by atoms with E-state index >= 15 is 0 Å². The van der Waals surface area contributed by atoms with Crippen molar-refractivity contribution in [2.75, 3.05) is 20.3 Å². The minimum absolute atomic E-state index is 0.0599. The second-order valence-corrected chi connectivity index (χ2v) is 6.17. The number of amides is 1. The highest BCUT2D eigenvalue weighted by molar-refractivity contribution is 6.34. The first-order valence-electron chi connectivity index (χ1n) is 7.85. The first-order chi connectivity index (χ1) is 12.9. The van der Waals surface area contributed by atoms with E-state index in [0.717, 1.165) is 0 Å². The van der Waals surface area contributed by atoms with Crippen molar-refractivity contribution < 1.29 is 27.8 Å². The standard InChI is InChI=1S/C18H17Cl2F2NO4/c1-25-14-5-2-11(8-16(14)27-18(21)22)6-7-23-17(24)10-26-15-9-12(19)3-4-13(15)20/h2-5,8-9,18H,6-7,10H2,1H3,(H,23,24). The van der Waals surface area contributed by atoms with E-state index in [9.17, 15) is 13.6 Å². The van der Waals surface area contributed by atoms with Crippen LogP contribution in [0.3, 0.4) is 0 Å². The van der Waals surface area contributed by atoms with Crippen molar-refractivity contribution in [2.24, 2.45) is 0 Å². The number of nitrogens with one attached hydrogen (secondary N) is 1. The smallest absolute Gasteiger partial charge is 0.387 e. The van der Waals surface area contributed by atoms with E-state index in [1.54, 1.807) is 18.2 Å². The molecule has 0 aliphatic rings. The molecule has 0 atom stereocenters. The highest BCUT2D eigenvalue weighted by Crippen LogP contribution is 2.30. The number of alkyl halides is 2. The molecular formula is C18H17Cl2F2NO4. The summed E-state index contributed by atoms with van der Waals surface area (Å²) in [5, 5.41) is 3.45. The Balaban J connectivity index is 1.83. The van der Waals surface area contributed by atoms with Gasteiger partial charge in [-0.15, -0.1) is 0 Å². The minimum Gasteiger partial charge on any atom is -0.493 e. The van der Waals surface area contributed by atoms with E-state index in [2.05, 4.69) is 10.1 Å². The molecule has 1 N–H and O–H groups in total. The van der Waals surface area contributed by atoms with Crippen LogP contribution >= 0.6 is 23.2 Å². The number of rotatable bonds is 9. The van der Waals surface area contributed by atoms with Crippen LogP contribution in [0, 0.1) is 0 Å². The summed E-state index contributed by atoms with van der Waals surface area (Å²) in [5.74, 6) is 0.0945. The molecule has 0 bridgehead atoms. The van der Waals surface area contributed by atoms with Gasteiger partial charge in [0.15, 0.2) is 18.1 Å². The molecule has 2 aromatic carbocycles. The number of hydrogen-bond donors (Lipinski definition) is 1. The first-order valence-corrected chi connectivity index (χ1v) is 8.61. The summed E-state index contributed by atoms with van der Waals surface area (Å²) in [5.41, 5.74) is 0.700. The van der Waals surface area contributed by atoms with Gasteiger partial charge in [-0.1, -0.05) is 29.3 Å². The second kappa shape index (κ2) is 10.2. The van der Waals surface area contributed by atoms with E-state index in [4.69, 9.17) is 32.7 Å². The van der Waals surface area contributed by atoms with E-state index in [-0.39, 0.29) is 30.6 Å². The maximum absolute atomic E-state index is 12.4. The fourth-order valence-corrected chi connectivity index (χ4v) is 2.53. The summed E-state index contributed by atoms with van der Waals surface area (Å²) in [4.78, 5) is 11.9. The Morgan fingerprint density at radius 1 is 1.11 bits per heavy atom. The molecule has 0 heterocycles. The van der Waals surface area contributed by atoms with Gasteiger partial charge in [0.2, 0.25) is 0 Å². The zero-order chi connectivity index (χ0) is 19.8. The number of benzene rings is 2. The maximum Gasteiger partial charge on any atom is 0.387 e. The summed E-state index contributed by atoms with van der Waals surface area (Å²) in [6, 6.07) is 9.36. The van der Waals surface area contributed by atoms with Gasteiger partial charge in [0, 0.05) is 17.6 Å². The molecule has 0 saturated carbocycles. The Labute approximate surface area is 165 Å². The second-order valence-electron chi connectivity index (χ2n) is 5.33. The van der Waals surface area contributed by atoms with Crippen LogP contribution in [-0.2, 0) is 11.2 Å². The van der Waals surface area contributed by atoms with Gasteiger partial charge in [-0.2, -0.15) is 8.78 Å². The third-order valence-corrected chi connectivity index (χ3v) is 3.98. The molecule has 5 nitrogen and oxygen atoms in total. The monoisotopic (exact) mass is 419 g/mol. The van der Waals surface area contributed by atoms with Crippen LogP contribution in [0.15, 0.2) is 36.4 Å². The molecule has 2 aromatic rings. The fourth-order valence-electron chi connectivity index (χ4n) is 2.19. The lowest BCUT2D eigenvalue weighted by atomic mass is 10.1.